The number of fused-ring (bicyclic) bond motifs is 4. The van der Waals surface area contributed by atoms with E-state index < -0.39 is 18.1 Å². The maximum atomic E-state index is 13.8. The van der Waals surface area contributed by atoms with Crippen LogP contribution < -0.4 is 10.6 Å². The average molecular weight is 701 g/mol. The van der Waals surface area contributed by atoms with Gasteiger partial charge in [-0.05, 0) is 73.1 Å². The summed E-state index contributed by atoms with van der Waals surface area (Å²) in [4.78, 5) is 15.7. The van der Waals surface area contributed by atoms with Crippen LogP contribution in [0.5, 0.6) is 0 Å². The third-order valence-electron chi connectivity index (χ3n) is 7.85. The average Bonchev–Trinajstić information content (AvgIpc) is 3.50. The van der Waals surface area contributed by atoms with Crippen LogP contribution in [0, 0.1) is 0 Å². The van der Waals surface area contributed by atoms with Crippen molar-refractivity contribution in [1.29, 1.82) is 0 Å². The molecule has 0 amide bonds. The number of aliphatic hydroxyl groups excluding tert-OH is 1. The summed E-state index contributed by atoms with van der Waals surface area (Å²) >= 11 is 2.14. The Morgan fingerprint density at radius 2 is 1.95 bits per heavy atom. The van der Waals surface area contributed by atoms with Crippen molar-refractivity contribution in [3.05, 3.63) is 41.3 Å². The summed E-state index contributed by atoms with van der Waals surface area (Å²) in [6.45, 7) is 3.76. The zero-order valence-electron chi connectivity index (χ0n) is 22.5. The molecule has 2 atom stereocenters. The predicted molar refractivity (Wildman–Crippen MR) is 164 cm³/mol. The number of benzene rings is 1. The van der Waals surface area contributed by atoms with E-state index in [9.17, 15) is 18.3 Å². The number of hydrogen-bond acceptors (Lipinski definition) is 8. The zero-order valence-corrected chi connectivity index (χ0v) is 25.6. The highest BCUT2D eigenvalue weighted by molar-refractivity contribution is 14.2. The molecule has 2 aliphatic heterocycles. The van der Waals surface area contributed by atoms with E-state index in [1.165, 1.54) is 10.9 Å². The Labute approximate surface area is 249 Å². The van der Waals surface area contributed by atoms with E-state index >= 15 is 0 Å². The molecule has 0 spiro atoms. The highest BCUT2D eigenvalue weighted by atomic mass is 127. The van der Waals surface area contributed by atoms with Gasteiger partial charge in [-0.15, -0.1) is 5.10 Å². The molecule has 1 aromatic carbocycles. The van der Waals surface area contributed by atoms with Crippen LogP contribution in [0.4, 0.5) is 24.8 Å². The molecule has 220 valence electrons. The van der Waals surface area contributed by atoms with Crippen LogP contribution >= 0.6 is 28.4 Å². The molecule has 1 fully saturated rings. The van der Waals surface area contributed by atoms with Gasteiger partial charge in [0.25, 0.3) is 0 Å². The topological polar surface area (TPSA) is 110 Å². The van der Waals surface area contributed by atoms with Crippen molar-refractivity contribution >= 4 is 62.0 Å². The first-order valence-corrected chi connectivity index (χ1v) is 17.7. The van der Waals surface area contributed by atoms with Crippen molar-refractivity contribution in [3.63, 3.8) is 0 Å². The van der Waals surface area contributed by atoms with Crippen LogP contribution in [0.15, 0.2) is 24.3 Å². The number of para-hydroxylation sites is 1. The number of anilines is 2. The normalized spacial score (nSPS) is 18.5. The van der Waals surface area contributed by atoms with E-state index in [0.717, 1.165) is 50.1 Å². The molecular formula is C26H32F3IN9OP. The Kier molecular flexibility index (Phi) is 8.29. The molecule has 3 aromatic heterocycles. The zero-order chi connectivity index (χ0) is 28.7. The van der Waals surface area contributed by atoms with Gasteiger partial charge in [-0.3, -0.25) is 4.90 Å². The molecule has 10 nitrogen and oxygen atoms in total. The molecule has 0 aliphatic carbocycles. The van der Waals surface area contributed by atoms with Gasteiger partial charge in [0.05, 0.1) is 12.5 Å². The Hall–Kier alpha value is -2.26. The number of rotatable bonds is 8. The van der Waals surface area contributed by atoms with Gasteiger partial charge in [0.15, 0.2) is 11.6 Å². The number of aromatic amines is 1. The number of aromatic nitrogens is 5. The number of nitrogens with one attached hydrogen (secondary N) is 3. The van der Waals surface area contributed by atoms with Crippen LogP contribution in [0.2, 0.25) is 0 Å². The number of aliphatic hydroxyl groups is 1. The second-order valence-electron chi connectivity index (χ2n) is 10.8. The summed E-state index contributed by atoms with van der Waals surface area (Å²) in [7, 11) is 2.03. The lowest BCUT2D eigenvalue weighted by atomic mass is 10.0. The van der Waals surface area contributed by atoms with E-state index in [1.54, 1.807) is 4.45 Å². The highest BCUT2D eigenvalue weighted by Gasteiger charge is 2.37. The molecule has 2 aliphatic rings. The number of hydrogen-bond donors (Lipinski definition) is 4. The predicted octanol–water partition coefficient (Wildman–Crippen LogP) is 4.46. The van der Waals surface area contributed by atoms with Crippen molar-refractivity contribution in [3.8, 4) is 0 Å². The standard InChI is InChI=1S/C26H32F3IN9OP/c1-37-9-6-15(7-10-37)32-24-22-21(34-25(35-24)26(27,28)29)23(36-39(22)41-30)31-12-16(40)13-38-11-8-18-17-4-2-3-5-19(17)33-20(18)14-38/h2-5,15-16,33,40-41H,6-14H2,1H3,(H,31,36)(H,32,34,35). The molecule has 4 N–H and O–H groups in total. The molecule has 0 bridgehead atoms. The first kappa shape index (κ1) is 28.8. The fraction of sp³-hybridized carbons (Fsp3) is 0.500. The van der Waals surface area contributed by atoms with E-state index in [2.05, 4.69) is 74.7 Å². The fourth-order valence-corrected chi connectivity index (χ4v) is 7.24. The van der Waals surface area contributed by atoms with Crippen molar-refractivity contribution in [2.45, 2.75) is 44.1 Å². The third-order valence-corrected chi connectivity index (χ3v) is 9.70. The lowest BCUT2D eigenvalue weighted by Gasteiger charge is -2.30. The summed E-state index contributed by atoms with van der Waals surface area (Å²) in [5, 5.41) is 23.0. The molecule has 15 heteroatoms. The number of piperidine rings is 1. The molecule has 1 saturated heterocycles. The van der Waals surface area contributed by atoms with Crippen LogP contribution in [-0.4, -0.2) is 91.3 Å². The molecular weight excluding hydrogens is 669 g/mol. The number of nitrogens with zero attached hydrogens (tertiary/aromatic N) is 6. The van der Waals surface area contributed by atoms with Gasteiger partial charge >= 0.3 is 6.18 Å². The minimum atomic E-state index is -4.71. The van der Waals surface area contributed by atoms with Gasteiger partial charge in [-0.1, -0.05) is 18.2 Å². The largest absolute Gasteiger partial charge is 0.451 e. The van der Waals surface area contributed by atoms with Gasteiger partial charge in [0.1, 0.15) is 11.0 Å². The van der Waals surface area contributed by atoms with Crippen molar-refractivity contribution in [2.75, 3.05) is 50.4 Å². The van der Waals surface area contributed by atoms with Crippen LogP contribution in [0.25, 0.3) is 21.9 Å². The van der Waals surface area contributed by atoms with E-state index in [0.29, 0.717) is 18.6 Å². The number of H-pyrrole nitrogens is 1. The summed E-state index contributed by atoms with van der Waals surface area (Å²) < 4.78 is 43.1. The maximum Gasteiger partial charge on any atom is 0.451 e. The Morgan fingerprint density at radius 1 is 1.17 bits per heavy atom. The monoisotopic (exact) mass is 701 g/mol. The van der Waals surface area contributed by atoms with Crippen molar-refractivity contribution in [2.24, 2.45) is 0 Å². The van der Waals surface area contributed by atoms with Gasteiger partial charge in [0.2, 0.25) is 5.82 Å². The van der Waals surface area contributed by atoms with Gasteiger partial charge in [-0.25, -0.2) is 14.4 Å². The van der Waals surface area contributed by atoms with Crippen molar-refractivity contribution in [1.82, 2.24) is 34.3 Å². The Balaban J connectivity index is 1.19. The molecule has 5 heterocycles. The quantitative estimate of drug-likeness (QED) is 0.158. The highest BCUT2D eigenvalue weighted by Crippen LogP contribution is 2.38. The van der Waals surface area contributed by atoms with Gasteiger partial charge in [0, 0.05) is 48.8 Å². The van der Waals surface area contributed by atoms with Crippen LogP contribution in [0.1, 0.15) is 29.9 Å². The smallest absolute Gasteiger partial charge is 0.390 e. The second kappa shape index (κ2) is 11.8. The number of likely N-dealkylation sites (tertiary alicyclic amines) is 1. The summed E-state index contributed by atoms with van der Waals surface area (Å²) in [5.41, 5.74) is 4.13. The lowest BCUT2D eigenvalue weighted by Crippen LogP contribution is -2.39. The summed E-state index contributed by atoms with van der Waals surface area (Å²) in [5.74, 6) is -0.855. The lowest BCUT2D eigenvalue weighted by molar-refractivity contribution is -0.144. The molecule has 2 unspecified atom stereocenters. The minimum Gasteiger partial charge on any atom is -0.390 e. The maximum absolute atomic E-state index is 13.8. The molecule has 41 heavy (non-hydrogen) atoms. The van der Waals surface area contributed by atoms with Crippen molar-refractivity contribution < 1.29 is 18.3 Å². The molecule has 6 rings (SSSR count). The number of halogens is 4. The van der Waals surface area contributed by atoms with Gasteiger partial charge in [-0.2, -0.15) is 13.2 Å². The van der Waals surface area contributed by atoms with E-state index in [4.69, 9.17) is 0 Å². The van der Waals surface area contributed by atoms with Gasteiger partial charge < -0.3 is 25.6 Å². The molecule has 0 radical (unpaired) electrons. The number of β-amino-alcohol motifs (C(OH)–C–C–N with tert-alkyl or cyclic N) is 1. The first-order chi connectivity index (χ1) is 19.7. The van der Waals surface area contributed by atoms with E-state index in [-0.39, 0.29) is 36.1 Å². The molecule has 0 saturated carbocycles. The SMILES string of the molecule is CN1CCC(Nc2nc(C(F)(F)F)nc3c(NCC(O)CN4CCc5c([nH]c6ccccc56)C4)nn(PI)c23)CC1. The minimum absolute atomic E-state index is 0.00633. The van der Waals surface area contributed by atoms with Crippen LogP contribution in [0.3, 0.4) is 0 Å². The summed E-state index contributed by atoms with van der Waals surface area (Å²) in [6.07, 6.45) is -2.85. The number of alkyl halides is 3. The first-order valence-electron chi connectivity index (χ1n) is 13.6. The van der Waals surface area contributed by atoms with Crippen LogP contribution in [-0.2, 0) is 19.1 Å². The molecule has 4 aromatic rings. The summed E-state index contributed by atoms with van der Waals surface area (Å²) in [6, 6.07) is 8.25. The Morgan fingerprint density at radius 3 is 2.71 bits per heavy atom. The fourth-order valence-electron chi connectivity index (χ4n) is 5.75. The second-order valence-corrected chi connectivity index (χ2v) is 12.8. The third kappa shape index (κ3) is 6.12. The van der Waals surface area contributed by atoms with E-state index in [1.807, 2.05) is 19.2 Å². The Bertz CT molecular complexity index is 1540.